The first kappa shape index (κ1) is 18.4. The molecule has 0 amide bonds. The molecule has 28 heavy (non-hydrogen) atoms. The predicted molar refractivity (Wildman–Crippen MR) is 105 cm³/mol. The van der Waals surface area contributed by atoms with E-state index in [0.717, 1.165) is 11.1 Å². The maximum absolute atomic E-state index is 12.6. The minimum absolute atomic E-state index is 0.173. The van der Waals surface area contributed by atoms with E-state index in [9.17, 15) is 8.42 Å². The number of hydrogen-bond donors (Lipinski definition) is 1. The van der Waals surface area contributed by atoms with E-state index < -0.39 is 10.0 Å². The van der Waals surface area contributed by atoms with Crippen molar-refractivity contribution in [3.05, 3.63) is 66.0 Å². The van der Waals surface area contributed by atoms with Crippen LogP contribution in [0.25, 0.3) is 11.5 Å². The number of rotatable bonds is 5. The highest BCUT2D eigenvalue weighted by molar-refractivity contribution is 7.89. The van der Waals surface area contributed by atoms with Gasteiger partial charge in [0.1, 0.15) is 0 Å². The Morgan fingerprint density at radius 3 is 2.43 bits per heavy atom. The molecule has 0 spiro atoms. The molecular formula is C21H19N3O3S. The molecule has 3 aromatic rings. The first-order chi connectivity index (χ1) is 13.3. The van der Waals surface area contributed by atoms with Crippen LogP contribution >= 0.6 is 0 Å². The third-order valence-corrected chi connectivity index (χ3v) is 6.64. The van der Waals surface area contributed by atoms with Crippen LogP contribution in [-0.4, -0.2) is 24.6 Å². The maximum atomic E-state index is 12.6. The van der Waals surface area contributed by atoms with Crippen molar-refractivity contribution in [3.63, 3.8) is 0 Å². The van der Waals surface area contributed by atoms with Gasteiger partial charge in [-0.15, -0.1) is 6.42 Å². The highest BCUT2D eigenvalue weighted by Gasteiger charge is 2.62. The molecule has 1 heterocycles. The number of hydrogen-bond acceptors (Lipinski definition) is 5. The zero-order valence-electron chi connectivity index (χ0n) is 15.5. The number of sulfonamides is 1. The molecule has 2 aromatic carbocycles. The van der Waals surface area contributed by atoms with Crippen molar-refractivity contribution in [2.75, 3.05) is 0 Å². The number of benzene rings is 2. The van der Waals surface area contributed by atoms with E-state index in [1.54, 1.807) is 42.5 Å². The summed E-state index contributed by atoms with van der Waals surface area (Å²) in [5.41, 5.74) is 1.20. The molecule has 1 aliphatic rings. The van der Waals surface area contributed by atoms with Gasteiger partial charge in [0, 0.05) is 23.1 Å². The van der Waals surface area contributed by atoms with Crippen LogP contribution in [0.5, 0.6) is 0 Å². The van der Waals surface area contributed by atoms with Crippen LogP contribution in [0.1, 0.15) is 31.2 Å². The summed E-state index contributed by atoms with van der Waals surface area (Å²) in [6.45, 7) is 3.96. The topological polar surface area (TPSA) is 85.1 Å². The largest absolute Gasteiger partial charge is 0.334 e. The summed E-state index contributed by atoms with van der Waals surface area (Å²) in [5.74, 6) is 3.25. The lowest BCUT2D eigenvalue weighted by Crippen LogP contribution is -2.29. The van der Waals surface area contributed by atoms with Gasteiger partial charge in [0.2, 0.25) is 10.0 Å². The second kappa shape index (κ2) is 6.59. The van der Waals surface area contributed by atoms with Crippen LogP contribution < -0.4 is 4.72 Å². The van der Waals surface area contributed by atoms with Gasteiger partial charge in [0.15, 0.2) is 5.82 Å². The van der Waals surface area contributed by atoms with E-state index in [1.807, 2.05) is 26.0 Å². The Kier molecular flexibility index (Phi) is 4.33. The van der Waals surface area contributed by atoms with Gasteiger partial charge < -0.3 is 4.52 Å². The molecule has 1 aromatic heterocycles. The molecule has 6 nitrogen and oxygen atoms in total. The predicted octanol–water partition coefficient (Wildman–Crippen LogP) is 3.19. The van der Waals surface area contributed by atoms with Crippen LogP contribution in [0.2, 0.25) is 0 Å². The Morgan fingerprint density at radius 2 is 1.79 bits per heavy atom. The Labute approximate surface area is 164 Å². The number of terminal acetylenes is 1. The smallest absolute Gasteiger partial charge is 0.257 e. The average molecular weight is 393 g/mol. The zero-order chi connectivity index (χ0) is 19.9. The second-order valence-corrected chi connectivity index (χ2v) is 9.10. The third-order valence-electron chi connectivity index (χ3n) is 5.18. The van der Waals surface area contributed by atoms with Gasteiger partial charge in [0.25, 0.3) is 5.89 Å². The Balaban J connectivity index is 1.55. The van der Waals surface area contributed by atoms with E-state index in [4.69, 9.17) is 10.9 Å². The first-order valence-electron chi connectivity index (χ1n) is 8.81. The van der Waals surface area contributed by atoms with Gasteiger partial charge in [-0.3, -0.25) is 0 Å². The molecule has 2 atom stereocenters. The van der Waals surface area contributed by atoms with Crippen LogP contribution in [0.15, 0.2) is 64.0 Å². The lowest BCUT2D eigenvalue weighted by atomic mass is 10.1. The van der Waals surface area contributed by atoms with E-state index in [1.165, 1.54) is 0 Å². The molecule has 4 rings (SSSR count). The highest BCUT2D eigenvalue weighted by atomic mass is 32.2. The number of nitrogens with one attached hydrogen (secondary N) is 1. The fraction of sp³-hybridized carbons (Fsp3) is 0.238. The van der Waals surface area contributed by atoms with Gasteiger partial charge in [-0.1, -0.05) is 43.1 Å². The maximum Gasteiger partial charge on any atom is 0.257 e. The Hall–Kier alpha value is -2.95. The lowest BCUT2D eigenvalue weighted by Gasteiger charge is -2.07. The molecule has 0 unspecified atom stereocenters. The van der Waals surface area contributed by atoms with Crippen LogP contribution in [-0.2, 0) is 10.0 Å². The molecule has 0 saturated heterocycles. The highest BCUT2D eigenvalue weighted by Crippen LogP contribution is 2.58. The zero-order valence-corrected chi connectivity index (χ0v) is 16.3. The molecule has 1 N–H and O–H groups in total. The van der Waals surface area contributed by atoms with Gasteiger partial charge >= 0.3 is 0 Å². The fourth-order valence-corrected chi connectivity index (χ4v) is 4.79. The van der Waals surface area contributed by atoms with E-state index in [-0.39, 0.29) is 22.3 Å². The van der Waals surface area contributed by atoms with Gasteiger partial charge in [-0.25, -0.2) is 13.1 Å². The van der Waals surface area contributed by atoms with E-state index in [0.29, 0.717) is 11.7 Å². The third kappa shape index (κ3) is 3.21. The summed E-state index contributed by atoms with van der Waals surface area (Å²) in [4.78, 5) is 4.72. The summed E-state index contributed by atoms with van der Waals surface area (Å²) in [6, 6.07) is 15.2. The van der Waals surface area contributed by atoms with Crippen molar-refractivity contribution < 1.29 is 12.9 Å². The monoisotopic (exact) mass is 393 g/mol. The van der Waals surface area contributed by atoms with Crippen molar-refractivity contribution in [2.45, 2.75) is 30.7 Å². The molecule has 0 radical (unpaired) electrons. The summed E-state index contributed by atoms with van der Waals surface area (Å²) < 4.78 is 33.5. The SMILES string of the molecule is C#Cc1ccc(-c2nc([C@@H]3[C@H](NS(=O)(=O)c4ccccc4)C3(C)C)no2)cc1. The summed E-state index contributed by atoms with van der Waals surface area (Å²) in [5, 5.41) is 4.08. The molecule has 0 aliphatic heterocycles. The normalized spacial score (nSPS) is 20.5. The average Bonchev–Trinajstić information content (AvgIpc) is 3.03. The molecular weight excluding hydrogens is 374 g/mol. The van der Waals surface area contributed by atoms with Crippen LogP contribution in [0, 0.1) is 17.8 Å². The van der Waals surface area contributed by atoms with Gasteiger partial charge in [-0.2, -0.15) is 4.98 Å². The van der Waals surface area contributed by atoms with Crippen molar-refractivity contribution in [1.82, 2.24) is 14.9 Å². The fourth-order valence-electron chi connectivity index (χ4n) is 3.36. The van der Waals surface area contributed by atoms with E-state index >= 15 is 0 Å². The summed E-state index contributed by atoms with van der Waals surface area (Å²) in [7, 11) is -3.62. The molecule has 1 fully saturated rings. The standard InChI is InChI=1S/C21H19N3O3S/c1-4-14-10-12-15(13-11-14)20-22-19(23-27-20)17-18(21(17,2)3)24-28(25,26)16-8-6-5-7-9-16/h1,5-13,17-18,24H,2-3H3/t17-,18-/m0/s1. The first-order valence-corrected chi connectivity index (χ1v) is 10.3. The molecule has 142 valence electrons. The summed E-state index contributed by atoms with van der Waals surface area (Å²) >= 11 is 0. The second-order valence-electron chi connectivity index (χ2n) is 7.39. The van der Waals surface area contributed by atoms with Gasteiger partial charge in [0.05, 0.1) is 4.90 Å². The molecule has 0 bridgehead atoms. The Bertz CT molecular complexity index is 1140. The lowest BCUT2D eigenvalue weighted by molar-refractivity contribution is 0.419. The molecule has 1 saturated carbocycles. The van der Waals surface area contributed by atoms with Crippen LogP contribution in [0.4, 0.5) is 0 Å². The van der Waals surface area contributed by atoms with Crippen molar-refractivity contribution in [2.24, 2.45) is 5.41 Å². The summed E-state index contributed by atoms with van der Waals surface area (Å²) in [6.07, 6.45) is 5.37. The minimum Gasteiger partial charge on any atom is -0.334 e. The molecule has 7 heteroatoms. The van der Waals surface area contributed by atoms with Gasteiger partial charge in [-0.05, 0) is 41.8 Å². The number of aromatic nitrogens is 2. The Morgan fingerprint density at radius 1 is 1.11 bits per heavy atom. The minimum atomic E-state index is -3.62. The number of nitrogens with zero attached hydrogens (tertiary/aromatic N) is 2. The van der Waals surface area contributed by atoms with Crippen LogP contribution in [0.3, 0.4) is 0 Å². The van der Waals surface area contributed by atoms with Crippen molar-refractivity contribution in [3.8, 4) is 23.8 Å². The molecule has 1 aliphatic carbocycles. The van der Waals surface area contributed by atoms with Crippen molar-refractivity contribution in [1.29, 1.82) is 0 Å². The van der Waals surface area contributed by atoms with E-state index in [2.05, 4.69) is 20.8 Å². The van der Waals surface area contributed by atoms with Crippen molar-refractivity contribution >= 4 is 10.0 Å². The quantitative estimate of drug-likeness (QED) is 0.673.